The number of allylic oxidation sites excluding steroid dienone is 1. The lowest BCUT2D eigenvalue weighted by Gasteiger charge is -2.18. The lowest BCUT2D eigenvalue weighted by molar-refractivity contribution is -0.137. The Morgan fingerprint density at radius 1 is 1.42 bits per heavy atom. The van der Waals surface area contributed by atoms with E-state index in [9.17, 15) is 4.79 Å². The van der Waals surface area contributed by atoms with Gasteiger partial charge >= 0.3 is 5.97 Å². The summed E-state index contributed by atoms with van der Waals surface area (Å²) in [5.74, 6) is -0.223. The molecule has 1 aliphatic rings. The van der Waals surface area contributed by atoms with Crippen molar-refractivity contribution in [2.45, 2.75) is 19.8 Å². The van der Waals surface area contributed by atoms with Gasteiger partial charge in [-0.2, -0.15) is 0 Å². The van der Waals surface area contributed by atoms with Crippen molar-refractivity contribution in [1.29, 1.82) is 0 Å². The third-order valence-electron chi connectivity index (χ3n) is 2.11. The molecule has 1 saturated heterocycles. The van der Waals surface area contributed by atoms with Gasteiger partial charge in [-0.25, -0.2) is 4.79 Å². The maximum absolute atomic E-state index is 11.2. The number of ether oxygens (including phenoxy) is 1. The molecule has 1 aliphatic heterocycles. The van der Waals surface area contributed by atoms with E-state index in [1.165, 1.54) is 20.0 Å². The van der Waals surface area contributed by atoms with E-state index in [-0.39, 0.29) is 5.97 Å². The molecule has 3 heteroatoms. The van der Waals surface area contributed by atoms with Crippen molar-refractivity contribution in [3.63, 3.8) is 0 Å². The monoisotopic (exact) mass is 169 g/mol. The van der Waals surface area contributed by atoms with Gasteiger partial charge in [0.25, 0.3) is 0 Å². The molecule has 0 aromatic carbocycles. The molecule has 1 fully saturated rings. The Kier molecular flexibility index (Phi) is 3.14. The fraction of sp³-hybridized carbons (Fsp3) is 0.667. The highest BCUT2D eigenvalue weighted by Gasteiger charge is 2.19. The van der Waals surface area contributed by atoms with E-state index in [2.05, 4.69) is 9.64 Å². The minimum atomic E-state index is -0.223. The SMILES string of the molecule is C/C=C(\C(=O)OC)N1CCCC1. The fourth-order valence-electron chi connectivity index (χ4n) is 1.49. The van der Waals surface area contributed by atoms with Crippen molar-refractivity contribution in [3.05, 3.63) is 11.8 Å². The zero-order chi connectivity index (χ0) is 8.97. The first-order valence-corrected chi connectivity index (χ1v) is 4.29. The number of rotatable bonds is 2. The van der Waals surface area contributed by atoms with Crippen molar-refractivity contribution in [1.82, 2.24) is 4.90 Å². The van der Waals surface area contributed by atoms with Gasteiger partial charge in [-0.05, 0) is 19.8 Å². The average molecular weight is 169 g/mol. The maximum atomic E-state index is 11.2. The van der Waals surface area contributed by atoms with Crippen molar-refractivity contribution in [2.75, 3.05) is 20.2 Å². The summed E-state index contributed by atoms with van der Waals surface area (Å²) < 4.78 is 4.67. The number of carbonyl (C=O) groups is 1. The summed E-state index contributed by atoms with van der Waals surface area (Å²) in [5.41, 5.74) is 0.704. The Balaban J connectivity index is 2.61. The molecular formula is C9H15NO2. The summed E-state index contributed by atoms with van der Waals surface area (Å²) in [4.78, 5) is 13.3. The Morgan fingerprint density at radius 2 is 2.00 bits per heavy atom. The molecule has 1 rings (SSSR count). The summed E-state index contributed by atoms with van der Waals surface area (Å²) in [6.07, 6.45) is 4.17. The van der Waals surface area contributed by atoms with Gasteiger partial charge in [-0.1, -0.05) is 6.08 Å². The molecule has 0 atom stereocenters. The third-order valence-corrected chi connectivity index (χ3v) is 2.11. The molecule has 0 aromatic rings. The molecule has 0 radical (unpaired) electrons. The largest absolute Gasteiger partial charge is 0.464 e. The molecule has 68 valence electrons. The predicted octanol–water partition coefficient (Wildman–Crippen LogP) is 1.16. The van der Waals surface area contributed by atoms with Crippen LogP contribution < -0.4 is 0 Å². The highest BCUT2D eigenvalue weighted by molar-refractivity contribution is 5.87. The molecule has 0 spiro atoms. The van der Waals surface area contributed by atoms with Gasteiger partial charge in [0.05, 0.1) is 7.11 Å². The molecule has 0 saturated carbocycles. The summed E-state index contributed by atoms with van der Waals surface area (Å²) in [6.45, 7) is 3.83. The van der Waals surface area contributed by atoms with E-state index >= 15 is 0 Å². The topological polar surface area (TPSA) is 29.5 Å². The lowest BCUT2D eigenvalue weighted by atomic mass is 10.3. The maximum Gasteiger partial charge on any atom is 0.353 e. The van der Waals surface area contributed by atoms with Crippen LogP contribution in [-0.2, 0) is 9.53 Å². The van der Waals surface area contributed by atoms with Crippen LogP contribution in [0.2, 0.25) is 0 Å². The molecule has 0 N–H and O–H groups in total. The number of methoxy groups -OCH3 is 1. The molecule has 0 amide bonds. The first-order valence-electron chi connectivity index (χ1n) is 4.29. The summed E-state index contributed by atoms with van der Waals surface area (Å²) in [5, 5.41) is 0. The van der Waals surface area contributed by atoms with Crippen LogP contribution >= 0.6 is 0 Å². The summed E-state index contributed by atoms with van der Waals surface area (Å²) in [7, 11) is 1.42. The number of likely N-dealkylation sites (tertiary alicyclic amines) is 1. The Hall–Kier alpha value is -0.990. The van der Waals surface area contributed by atoms with Crippen LogP contribution in [0, 0.1) is 0 Å². The van der Waals surface area contributed by atoms with Gasteiger partial charge < -0.3 is 9.64 Å². The zero-order valence-electron chi connectivity index (χ0n) is 7.67. The quantitative estimate of drug-likeness (QED) is 0.459. The minimum Gasteiger partial charge on any atom is -0.464 e. The summed E-state index contributed by atoms with van der Waals surface area (Å²) in [6, 6.07) is 0. The van der Waals surface area contributed by atoms with Gasteiger partial charge in [-0.3, -0.25) is 0 Å². The van der Waals surface area contributed by atoms with Gasteiger partial charge in [0.1, 0.15) is 5.70 Å². The molecule has 12 heavy (non-hydrogen) atoms. The minimum absolute atomic E-state index is 0.223. The lowest BCUT2D eigenvalue weighted by Crippen LogP contribution is -2.25. The van der Waals surface area contributed by atoms with Crippen molar-refractivity contribution >= 4 is 5.97 Å². The number of nitrogens with zero attached hydrogens (tertiary/aromatic N) is 1. The second-order valence-electron chi connectivity index (χ2n) is 2.86. The van der Waals surface area contributed by atoms with E-state index in [1.807, 2.05) is 13.0 Å². The first kappa shape index (κ1) is 9.10. The smallest absolute Gasteiger partial charge is 0.353 e. The fourth-order valence-corrected chi connectivity index (χ4v) is 1.49. The van der Waals surface area contributed by atoms with Gasteiger partial charge in [0.15, 0.2) is 0 Å². The zero-order valence-corrected chi connectivity index (χ0v) is 7.67. The molecule has 0 unspecified atom stereocenters. The van der Waals surface area contributed by atoms with Crippen molar-refractivity contribution < 1.29 is 9.53 Å². The Morgan fingerprint density at radius 3 is 2.42 bits per heavy atom. The normalized spacial score (nSPS) is 18.2. The number of hydrogen-bond acceptors (Lipinski definition) is 3. The summed E-state index contributed by atoms with van der Waals surface area (Å²) >= 11 is 0. The predicted molar refractivity (Wildman–Crippen MR) is 46.6 cm³/mol. The molecular weight excluding hydrogens is 154 g/mol. The van der Waals surface area contributed by atoms with E-state index in [0.29, 0.717) is 5.70 Å². The number of esters is 1. The van der Waals surface area contributed by atoms with Crippen LogP contribution in [0.3, 0.4) is 0 Å². The van der Waals surface area contributed by atoms with Crippen LogP contribution in [0.5, 0.6) is 0 Å². The number of carbonyl (C=O) groups excluding carboxylic acids is 1. The van der Waals surface area contributed by atoms with E-state index in [0.717, 1.165) is 13.1 Å². The molecule has 0 bridgehead atoms. The van der Waals surface area contributed by atoms with Crippen LogP contribution in [-0.4, -0.2) is 31.1 Å². The first-order chi connectivity index (χ1) is 5.79. The number of hydrogen-bond donors (Lipinski definition) is 0. The molecule has 1 heterocycles. The Bertz CT molecular complexity index is 193. The van der Waals surface area contributed by atoms with Gasteiger partial charge in [-0.15, -0.1) is 0 Å². The molecule has 3 nitrogen and oxygen atoms in total. The van der Waals surface area contributed by atoms with E-state index in [1.54, 1.807) is 0 Å². The van der Waals surface area contributed by atoms with Crippen LogP contribution in [0.15, 0.2) is 11.8 Å². The molecule has 0 aromatic heterocycles. The van der Waals surface area contributed by atoms with Crippen molar-refractivity contribution in [2.24, 2.45) is 0 Å². The third kappa shape index (κ3) is 1.78. The van der Waals surface area contributed by atoms with Gasteiger partial charge in [0.2, 0.25) is 0 Å². The van der Waals surface area contributed by atoms with Crippen LogP contribution in [0.4, 0.5) is 0 Å². The van der Waals surface area contributed by atoms with Crippen LogP contribution in [0.25, 0.3) is 0 Å². The van der Waals surface area contributed by atoms with Crippen molar-refractivity contribution in [3.8, 4) is 0 Å². The molecule has 0 aliphatic carbocycles. The van der Waals surface area contributed by atoms with Crippen LogP contribution in [0.1, 0.15) is 19.8 Å². The van der Waals surface area contributed by atoms with Gasteiger partial charge in [0, 0.05) is 13.1 Å². The highest BCUT2D eigenvalue weighted by Crippen LogP contribution is 2.15. The average Bonchev–Trinajstić information content (AvgIpc) is 2.58. The van der Waals surface area contributed by atoms with E-state index < -0.39 is 0 Å². The highest BCUT2D eigenvalue weighted by atomic mass is 16.5. The van der Waals surface area contributed by atoms with E-state index in [4.69, 9.17) is 0 Å². The standard InChI is InChI=1S/C9H15NO2/c1-3-8(9(11)12-2)10-6-4-5-7-10/h3H,4-7H2,1-2H3/b8-3+. The Labute approximate surface area is 73.0 Å². The second kappa shape index (κ2) is 4.14. The second-order valence-corrected chi connectivity index (χ2v) is 2.86.